The molecule has 0 bridgehead atoms. The smallest absolute Gasteiger partial charge is 0.236 e. The van der Waals surface area contributed by atoms with Crippen LogP contribution >= 0.6 is 11.8 Å². The highest BCUT2D eigenvalue weighted by molar-refractivity contribution is 8.01. The maximum atomic E-state index is 13.0. The van der Waals surface area contributed by atoms with E-state index in [0.717, 1.165) is 5.56 Å². The molecule has 0 radical (unpaired) electrons. The molecule has 0 spiro atoms. The first kappa shape index (κ1) is 10.5. The summed E-state index contributed by atoms with van der Waals surface area (Å²) in [6.45, 7) is 1.88. The average Bonchev–Trinajstić information content (AvgIpc) is 2.46. The van der Waals surface area contributed by atoms with E-state index in [1.165, 1.54) is 12.1 Å². The van der Waals surface area contributed by atoms with E-state index >= 15 is 0 Å². The summed E-state index contributed by atoms with van der Waals surface area (Å²) >= 11 is 1.55. The molecule has 4 heteroatoms. The van der Waals surface area contributed by atoms with Gasteiger partial charge in [-0.3, -0.25) is 4.79 Å². The van der Waals surface area contributed by atoms with E-state index < -0.39 is 0 Å². The summed E-state index contributed by atoms with van der Waals surface area (Å²) in [4.78, 5) is 13.3. The lowest BCUT2D eigenvalue weighted by Gasteiger charge is -2.18. The topological polar surface area (TPSA) is 20.3 Å². The molecule has 15 heavy (non-hydrogen) atoms. The van der Waals surface area contributed by atoms with Gasteiger partial charge < -0.3 is 4.90 Å². The number of hydrogen-bond acceptors (Lipinski definition) is 2. The Morgan fingerprint density at radius 2 is 2.20 bits per heavy atom. The molecule has 1 heterocycles. The molecule has 0 aromatic heterocycles. The molecule has 1 aliphatic rings. The number of thioether (sulfide) groups is 1. The van der Waals surface area contributed by atoms with Crippen LogP contribution in [0, 0.1) is 5.82 Å². The first-order valence-electron chi connectivity index (χ1n) is 4.77. The zero-order valence-corrected chi connectivity index (χ0v) is 9.42. The molecular weight excluding hydrogens is 213 g/mol. The fourth-order valence-electron chi connectivity index (χ4n) is 1.71. The predicted octanol–water partition coefficient (Wildman–Crippen LogP) is 2.42. The minimum absolute atomic E-state index is 0.0386. The molecule has 2 nitrogen and oxygen atoms in total. The highest BCUT2D eigenvalue weighted by Gasteiger charge is 2.35. The van der Waals surface area contributed by atoms with Crippen LogP contribution in [-0.2, 0) is 4.79 Å². The molecular formula is C11H12FNOS. The Labute approximate surface area is 92.5 Å². The minimum Gasteiger partial charge on any atom is -0.329 e. The maximum Gasteiger partial charge on any atom is 0.236 e. The van der Waals surface area contributed by atoms with Crippen LogP contribution in [-0.4, -0.2) is 23.1 Å². The number of halogens is 1. The van der Waals surface area contributed by atoms with Gasteiger partial charge in [0.15, 0.2) is 0 Å². The third-order valence-electron chi connectivity index (χ3n) is 2.51. The van der Waals surface area contributed by atoms with Gasteiger partial charge in [-0.2, -0.15) is 0 Å². The standard InChI is InChI=1S/C11H12FNOS/c1-7-10(14)13(2)11(15-7)8-4-3-5-9(12)6-8/h3-7,11H,1-2H3/t7-,11-/m0/s1. The number of benzene rings is 1. The third kappa shape index (κ3) is 1.86. The summed E-state index contributed by atoms with van der Waals surface area (Å²) in [5.41, 5.74) is 0.847. The SMILES string of the molecule is C[C@@H]1S[C@@H](c2cccc(F)c2)N(C)C1=O. The van der Waals surface area contributed by atoms with Gasteiger partial charge in [0.25, 0.3) is 0 Å². The number of amides is 1. The minimum atomic E-state index is -0.256. The van der Waals surface area contributed by atoms with E-state index in [4.69, 9.17) is 0 Å². The van der Waals surface area contributed by atoms with Crippen LogP contribution in [0.5, 0.6) is 0 Å². The second-order valence-corrected chi connectivity index (χ2v) is 5.06. The number of carbonyl (C=O) groups excluding carboxylic acids is 1. The van der Waals surface area contributed by atoms with E-state index in [0.29, 0.717) is 0 Å². The van der Waals surface area contributed by atoms with Crippen molar-refractivity contribution in [2.45, 2.75) is 17.5 Å². The Kier molecular flexibility index (Phi) is 2.69. The van der Waals surface area contributed by atoms with Crippen molar-refractivity contribution in [1.82, 2.24) is 4.90 Å². The van der Waals surface area contributed by atoms with Gasteiger partial charge >= 0.3 is 0 Å². The van der Waals surface area contributed by atoms with E-state index in [2.05, 4.69) is 0 Å². The zero-order valence-electron chi connectivity index (χ0n) is 8.61. The van der Waals surface area contributed by atoms with Gasteiger partial charge in [0.05, 0.1) is 5.25 Å². The van der Waals surface area contributed by atoms with E-state index in [1.807, 2.05) is 13.0 Å². The molecule has 0 aliphatic carbocycles. The molecule has 2 rings (SSSR count). The normalized spacial score (nSPS) is 26.1. The van der Waals surface area contributed by atoms with Crippen molar-refractivity contribution in [3.05, 3.63) is 35.6 Å². The molecule has 2 atom stereocenters. The van der Waals surface area contributed by atoms with Crippen molar-refractivity contribution in [2.75, 3.05) is 7.05 Å². The van der Waals surface area contributed by atoms with Gasteiger partial charge in [-0.25, -0.2) is 4.39 Å². The maximum absolute atomic E-state index is 13.0. The first-order chi connectivity index (χ1) is 7.09. The summed E-state index contributed by atoms with van der Waals surface area (Å²) < 4.78 is 13.0. The third-order valence-corrected chi connectivity index (χ3v) is 3.97. The fourth-order valence-corrected chi connectivity index (χ4v) is 2.97. The van der Waals surface area contributed by atoms with Crippen molar-refractivity contribution < 1.29 is 9.18 Å². The summed E-state index contributed by atoms with van der Waals surface area (Å²) in [5.74, 6) is -0.150. The first-order valence-corrected chi connectivity index (χ1v) is 5.71. The summed E-state index contributed by atoms with van der Waals surface area (Å²) in [5, 5.41) is -0.0912. The Morgan fingerprint density at radius 3 is 2.73 bits per heavy atom. The molecule has 0 N–H and O–H groups in total. The van der Waals surface area contributed by atoms with E-state index in [1.54, 1.807) is 29.8 Å². The van der Waals surface area contributed by atoms with Crippen LogP contribution in [0.1, 0.15) is 17.9 Å². The molecule has 80 valence electrons. The van der Waals surface area contributed by atoms with Crippen molar-refractivity contribution in [2.24, 2.45) is 0 Å². The van der Waals surface area contributed by atoms with Crippen molar-refractivity contribution >= 4 is 17.7 Å². The Bertz CT molecular complexity index is 396. The number of carbonyl (C=O) groups is 1. The van der Waals surface area contributed by atoms with Crippen molar-refractivity contribution in [1.29, 1.82) is 0 Å². The molecule has 1 saturated heterocycles. The van der Waals surface area contributed by atoms with Gasteiger partial charge in [-0.1, -0.05) is 12.1 Å². The van der Waals surface area contributed by atoms with Crippen molar-refractivity contribution in [3.63, 3.8) is 0 Å². The van der Waals surface area contributed by atoms with Crippen molar-refractivity contribution in [3.8, 4) is 0 Å². The lowest BCUT2D eigenvalue weighted by Crippen LogP contribution is -2.25. The van der Waals surface area contributed by atoms with Crippen LogP contribution in [0.3, 0.4) is 0 Å². The molecule has 0 unspecified atom stereocenters. The molecule has 1 fully saturated rings. The average molecular weight is 225 g/mol. The van der Waals surface area contributed by atoms with Crippen LogP contribution in [0.25, 0.3) is 0 Å². The summed E-state index contributed by atoms with van der Waals surface area (Å²) in [7, 11) is 1.76. The van der Waals surface area contributed by atoms with E-state index in [-0.39, 0.29) is 22.3 Å². The van der Waals surface area contributed by atoms with Crippen LogP contribution < -0.4 is 0 Å². The lowest BCUT2D eigenvalue weighted by molar-refractivity contribution is -0.128. The van der Waals surface area contributed by atoms with Crippen LogP contribution in [0.4, 0.5) is 4.39 Å². The predicted molar refractivity (Wildman–Crippen MR) is 59.0 cm³/mol. The number of hydrogen-bond donors (Lipinski definition) is 0. The Balaban J connectivity index is 2.29. The molecule has 1 aromatic rings. The quantitative estimate of drug-likeness (QED) is 0.731. The van der Waals surface area contributed by atoms with E-state index in [9.17, 15) is 9.18 Å². The molecule has 1 amide bonds. The second kappa shape index (κ2) is 3.85. The summed E-state index contributed by atoms with van der Waals surface area (Å²) in [6.07, 6.45) is 0. The van der Waals surface area contributed by atoms with Gasteiger partial charge in [-0.15, -0.1) is 11.8 Å². The Hall–Kier alpha value is -1.03. The molecule has 1 aromatic carbocycles. The molecule has 1 aliphatic heterocycles. The largest absolute Gasteiger partial charge is 0.329 e. The Morgan fingerprint density at radius 1 is 1.47 bits per heavy atom. The number of rotatable bonds is 1. The summed E-state index contributed by atoms with van der Waals surface area (Å²) in [6, 6.07) is 6.42. The monoisotopic (exact) mass is 225 g/mol. The number of nitrogens with zero attached hydrogens (tertiary/aromatic N) is 1. The molecule has 0 saturated carbocycles. The highest BCUT2D eigenvalue weighted by Crippen LogP contribution is 2.41. The second-order valence-electron chi connectivity index (χ2n) is 3.63. The zero-order chi connectivity index (χ0) is 11.0. The van der Waals surface area contributed by atoms with Gasteiger partial charge in [-0.05, 0) is 24.6 Å². The fraction of sp³-hybridized carbons (Fsp3) is 0.364. The van der Waals surface area contributed by atoms with Gasteiger partial charge in [0.2, 0.25) is 5.91 Å². The van der Waals surface area contributed by atoms with Crippen LogP contribution in [0.15, 0.2) is 24.3 Å². The van der Waals surface area contributed by atoms with Gasteiger partial charge in [0, 0.05) is 7.05 Å². The van der Waals surface area contributed by atoms with Crippen LogP contribution in [0.2, 0.25) is 0 Å². The van der Waals surface area contributed by atoms with Gasteiger partial charge in [0.1, 0.15) is 11.2 Å². The highest BCUT2D eigenvalue weighted by atomic mass is 32.2. The lowest BCUT2D eigenvalue weighted by atomic mass is 10.2.